The Morgan fingerprint density at radius 2 is 2.00 bits per heavy atom. The van der Waals surface area contributed by atoms with Crippen molar-refractivity contribution >= 4 is 6.03 Å². The molecule has 0 saturated carbocycles. The highest BCUT2D eigenvalue weighted by Gasteiger charge is 2.33. The van der Waals surface area contributed by atoms with E-state index >= 15 is 0 Å². The summed E-state index contributed by atoms with van der Waals surface area (Å²) in [7, 11) is 5.72. The first-order valence-electron chi connectivity index (χ1n) is 8.54. The molecular formula is C18H29N3O3. The van der Waals surface area contributed by atoms with Crippen LogP contribution in [0.2, 0.25) is 0 Å². The van der Waals surface area contributed by atoms with Crippen molar-refractivity contribution in [1.29, 1.82) is 0 Å². The first kappa shape index (κ1) is 18.4. The highest BCUT2D eigenvalue weighted by atomic mass is 16.5. The molecule has 0 spiro atoms. The van der Waals surface area contributed by atoms with Gasteiger partial charge in [0.2, 0.25) is 0 Å². The summed E-state index contributed by atoms with van der Waals surface area (Å²) in [5.74, 6) is 1.44. The summed E-state index contributed by atoms with van der Waals surface area (Å²) >= 11 is 0. The highest BCUT2D eigenvalue weighted by Crippen LogP contribution is 2.28. The Kier molecular flexibility index (Phi) is 6.73. The lowest BCUT2D eigenvalue weighted by atomic mass is 10.1. The van der Waals surface area contributed by atoms with Gasteiger partial charge in [-0.25, -0.2) is 4.79 Å². The van der Waals surface area contributed by atoms with Crippen LogP contribution in [0.5, 0.6) is 11.5 Å². The molecule has 6 heteroatoms. The average molecular weight is 335 g/mol. The van der Waals surface area contributed by atoms with E-state index in [1.165, 1.54) is 0 Å². The van der Waals surface area contributed by atoms with Crippen molar-refractivity contribution in [3.05, 3.63) is 24.3 Å². The molecule has 0 bridgehead atoms. The SMILES string of the molecule is CCCC(CNC(=O)N1CC(Oc2ccccc2OC)C1)N(C)C. The lowest BCUT2D eigenvalue weighted by molar-refractivity contribution is 0.0421. The number of urea groups is 1. The van der Waals surface area contributed by atoms with Crippen molar-refractivity contribution in [3.8, 4) is 11.5 Å². The van der Waals surface area contributed by atoms with Crippen molar-refractivity contribution in [2.45, 2.75) is 31.9 Å². The minimum absolute atomic E-state index is 0.0159. The van der Waals surface area contributed by atoms with E-state index in [0.29, 0.717) is 31.4 Å². The third-order valence-electron chi connectivity index (χ3n) is 4.34. The van der Waals surface area contributed by atoms with Crippen LogP contribution in [0.25, 0.3) is 0 Å². The van der Waals surface area contributed by atoms with Gasteiger partial charge in [0.25, 0.3) is 0 Å². The number of carbonyl (C=O) groups is 1. The lowest BCUT2D eigenvalue weighted by Crippen LogP contribution is -2.59. The Morgan fingerprint density at radius 3 is 2.58 bits per heavy atom. The molecule has 1 aromatic carbocycles. The van der Waals surface area contributed by atoms with Crippen LogP contribution < -0.4 is 14.8 Å². The van der Waals surface area contributed by atoms with E-state index in [9.17, 15) is 4.79 Å². The number of hydrogen-bond acceptors (Lipinski definition) is 4. The zero-order valence-corrected chi connectivity index (χ0v) is 15.1. The number of nitrogens with one attached hydrogen (secondary N) is 1. The first-order valence-corrected chi connectivity index (χ1v) is 8.54. The van der Waals surface area contributed by atoms with E-state index in [4.69, 9.17) is 9.47 Å². The van der Waals surface area contributed by atoms with Gasteiger partial charge in [-0.05, 0) is 32.6 Å². The van der Waals surface area contributed by atoms with E-state index in [-0.39, 0.29) is 12.1 Å². The van der Waals surface area contributed by atoms with Crippen LogP contribution in [-0.2, 0) is 0 Å². The molecular weight excluding hydrogens is 306 g/mol. The number of nitrogens with zero attached hydrogens (tertiary/aromatic N) is 2. The van der Waals surface area contributed by atoms with Crippen molar-refractivity contribution in [1.82, 2.24) is 15.1 Å². The molecule has 1 N–H and O–H groups in total. The van der Waals surface area contributed by atoms with E-state index in [1.807, 2.05) is 38.4 Å². The summed E-state index contributed by atoms with van der Waals surface area (Å²) in [5, 5.41) is 3.02. The summed E-state index contributed by atoms with van der Waals surface area (Å²) < 4.78 is 11.2. The summed E-state index contributed by atoms with van der Waals surface area (Å²) in [5.41, 5.74) is 0. The number of ether oxygens (including phenoxy) is 2. The van der Waals surface area contributed by atoms with Crippen molar-refractivity contribution in [3.63, 3.8) is 0 Å². The maximum absolute atomic E-state index is 12.2. The van der Waals surface area contributed by atoms with Crippen LogP contribution >= 0.6 is 0 Å². The van der Waals surface area contributed by atoms with Crippen LogP contribution in [0.3, 0.4) is 0 Å². The third-order valence-corrected chi connectivity index (χ3v) is 4.34. The molecule has 1 heterocycles. The molecule has 1 unspecified atom stereocenters. The molecule has 2 amide bonds. The molecule has 1 saturated heterocycles. The highest BCUT2D eigenvalue weighted by molar-refractivity contribution is 5.75. The second-order valence-electron chi connectivity index (χ2n) is 6.39. The molecule has 1 aliphatic heterocycles. The van der Waals surface area contributed by atoms with Gasteiger partial charge >= 0.3 is 6.03 Å². The molecule has 0 aromatic heterocycles. The maximum atomic E-state index is 12.2. The second-order valence-corrected chi connectivity index (χ2v) is 6.39. The van der Waals surface area contributed by atoms with E-state index in [2.05, 4.69) is 17.1 Å². The molecule has 1 aliphatic rings. The molecule has 1 aromatic rings. The quantitative estimate of drug-likeness (QED) is 0.791. The number of amides is 2. The van der Waals surface area contributed by atoms with Gasteiger partial charge in [0, 0.05) is 12.6 Å². The Labute approximate surface area is 144 Å². The van der Waals surface area contributed by atoms with E-state index < -0.39 is 0 Å². The Bertz CT molecular complexity index is 530. The molecule has 24 heavy (non-hydrogen) atoms. The molecule has 0 aliphatic carbocycles. The molecule has 134 valence electrons. The smallest absolute Gasteiger partial charge is 0.317 e. The fourth-order valence-corrected chi connectivity index (χ4v) is 2.77. The van der Waals surface area contributed by atoms with Crippen LogP contribution in [0.15, 0.2) is 24.3 Å². The van der Waals surface area contributed by atoms with E-state index in [0.717, 1.165) is 18.6 Å². The fourth-order valence-electron chi connectivity index (χ4n) is 2.77. The van der Waals surface area contributed by atoms with Gasteiger partial charge in [-0.1, -0.05) is 25.5 Å². The molecule has 6 nitrogen and oxygen atoms in total. The molecule has 1 fully saturated rings. The standard InChI is InChI=1S/C18H29N3O3/c1-5-8-14(20(2)3)11-19-18(22)21-12-15(13-21)24-17-10-7-6-9-16(17)23-4/h6-7,9-10,14-15H,5,8,11-13H2,1-4H3,(H,19,22). The minimum atomic E-state index is -0.0159. The van der Waals surface area contributed by atoms with Crippen molar-refractivity contribution < 1.29 is 14.3 Å². The van der Waals surface area contributed by atoms with Gasteiger partial charge in [-0.15, -0.1) is 0 Å². The number of rotatable bonds is 8. The van der Waals surface area contributed by atoms with Crippen molar-refractivity contribution in [2.75, 3.05) is 40.8 Å². The van der Waals surface area contributed by atoms with Crippen LogP contribution in [0.4, 0.5) is 4.79 Å². The number of likely N-dealkylation sites (tertiary alicyclic amines) is 1. The summed E-state index contributed by atoms with van der Waals surface area (Å²) in [6.45, 7) is 4.04. The van der Waals surface area contributed by atoms with Crippen LogP contribution in [-0.4, -0.2) is 68.8 Å². The number of hydrogen-bond donors (Lipinski definition) is 1. The van der Waals surface area contributed by atoms with E-state index in [1.54, 1.807) is 12.0 Å². The molecule has 1 atom stereocenters. The maximum Gasteiger partial charge on any atom is 0.317 e. The second kappa shape index (κ2) is 8.78. The fraction of sp³-hybridized carbons (Fsp3) is 0.611. The molecule has 0 radical (unpaired) electrons. The predicted molar refractivity (Wildman–Crippen MR) is 94.8 cm³/mol. The topological polar surface area (TPSA) is 54.0 Å². The number of carbonyl (C=O) groups excluding carboxylic acids is 1. The van der Waals surface area contributed by atoms with Crippen LogP contribution in [0.1, 0.15) is 19.8 Å². The number of para-hydroxylation sites is 2. The van der Waals surface area contributed by atoms with Gasteiger partial charge in [0.05, 0.1) is 20.2 Å². The zero-order valence-electron chi connectivity index (χ0n) is 15.1. The van der Waals surface area contributed by atoms with Gasteiger partial charge in [-0.3, -0.25) is 0 Å². The number of benzene rings is 1. The average Bonchev–Trinajstić information content (AvgIpc) is 2.54. The number of likely N-dealkylation sites (N-methyl/N-ethyl adjacent to an activating group) is 1. The Balaban J connectivity index is 1.74. The Morgan fingerprint density at radius 1 is 1.33 bits per heavy atom. The van der Waals surface area contributed by atoms with Gasteiger partial charge in [-0.2, -0.15) is 0 Å². The summed E-state index contributed by atoms with van der Waals surface area (Å²) in [6.07, 6.45) is 2.21. The first-order chi connectivity index (χ1) is 11.5. The monoisotopic (exact) mass is 335 g/mol. The third kappa shape index (κ3) is 4.77. The number of methoxy groups -OCH3 is 1. The normalized spacial score (nSPS) is 15.8. The van der Waals surface area contributed by atoms with Gasteiger partial charge in [0.1, 0.15) is 6.10 Å². The van der Waals surface area contributed by atoms with Gasteiger partial charge in [0.15, 0.2) is 11.5 Å². The summed E-state index contributed by atoms with van der Waals surface area (Å²) in [6, 6.07) is 7.93. The summed E-state index contributed by atoms with van der Waals surface area (Å²) in [4.78, 5) is 16.1. The molecule has 2 rings (SSSR count). The minimum Gasteiger partial charge on any atom is -0.493 e. The lowest BCUT2D eigenvalue weighted by Gasteiger charge is -2.39. The zero-order chi connectivity index (χ0) is 17.5. The van der Waals surface area contributed by atoms with Crippen LogP contribution in [0, 0.1) is 0 Å². The van der Waals surface area contributed by atoms with Crippen molar-refractivity contribution in [2.24, 2.45) is 0 Å². The Hall–Kier alpha value is -1.95. The predicted octanol–water partition coefficient (Wildman–Crippen LogP) is 2.20. The van der Waals surface area contributed by atoms with Gasteiger partial charge < -0.3 is 24.6 Å². The largest absolute Gasteiger partial charge is 0.493 e.